The predicted octanol–water partition coefficient (Wildman–Crippen LogP) is 4.33. The van der Waals surface area contributed by atoms with Crippen molar-refractivity contribution in [3.05, 3.63) is 70.8 Å². The second-order valence-corrected chi connectivity index (χ2v) is 6.59. The highest BCUT2D eigenvalue weighted by Gasteiger charge is 2.35. The fourth-order valence-corrected chi connectivity index (χ4v) is 2.84. The van der Waals surface area contributed by atoms with Crippen molar-refractivity contribution in [1.29, 1.82) is 0 Å². The van der Waals surface area contributed by atoms with Crippen molar-refractivity contribution in [2.45, 2.75) is 25.4 Å². The second-order valence-electron chi connectivity index (χ2n) is 6.15. The van der Waals surface area contributed by atoms with Gasteiger partial charge in [-0.05, 0) is 49.2 Å². The summed E-state index contributed by atoms with van der Waals surface area (Å²) < 4.78 is 19.7. The Bertz CT molecular complexity index is 938. The van der Waals surface area contributed by atoms with Gasteiger partial charge in [0, 0.05) is 16.6 Å². The van der Waals surface area contributed by atoms with Gasteiger partial charge < -0.3 is 9.32 Å². The van der Waals surface area contributed by atoms with Gasteiger partial charge in [-0.15, -0.1) is 10.2 Å². The number of amides is 1. The Morgan fingerprint density at radius 1 is 1.15 bits per heavy atom. The van der Waals surface area contributed by atoms with Crippen molar-refractivity contribution in [1.82, 2.24) is 15.1 Å². The normalized spacial score (nSPS) is 13.6. The number of hydrogen-bond donors (Lipinski definition) is 0. The van der Waals surface area contributed by atoms with Crippen molar-refractivity contribution in [3.63, 3.8) is 0 Å². The average molecular weight is 372 g/mol. The van der Waals surface area contributed by atoms with Crippen LogP contribution in [0.5, 0.6) is 0 Å². The Kier molecular flexibility index (Phi) is 4.42. The third kappa shape index (κ3) is 3.46. The van der Waals surface area contributed by atoms with Crippen LogP contribution in [-0.4, -0.2) is 27.0 Å². The monoisotopic (exact) mass is 371 g/mol. The summed E-state index contributed by atoms with van der Waals surface area (Å²) in [6.07, 6.45) is 1.77. The molecule has 1 aliphatic carbocycles. The van der Waals surface area contributed by atoms with E-state index < -0.39 is 5.82 Å². The van der Waals surface area contributed by atoms with Crippen molar-refractivity contribution in [3.8, 4) is 11.5 Å². The summed E-state index contributed by atoms with van der Waals surface area (Å²) in [7, 11) is 0. The molecule has 0 radical (unpaired) electrons. The van der Waals surface area contributed by atoms with Crippen LogP contribution in [0.2, 0.25) is 5.02 Å². The van der Waals surface area contributed by atoms with Gasteiger partial charge in [-0.1, -0.05) is 23.7 Å². The van der Waals surface area contributed by atoms with Gasteiger partial charge in [-0.3, -0.25) is 4.79 Å². The van der Waals surface area contributed by atoms with Crippen LogP contribution >= 0.6 is 11.6 Å². The van der Waals surface area contributed by atoms with Crippen LogP contribution in [0, 0.1) is 5.82 Å². The highest BCUT2D eigenvalue weighted by molar-refractivity contribution is 6.30. The zero-order chi connectivity index (χ0) is 18.1. The Labute approximate surface area is 154 Å². The first-order valence-corrected chi connectivity index (χ1v) is 8.63. The maximum Gasteiger partial charge on any atom is 0.257 e. The molecule has 1 fully saturated rings. The Morgan fingerprint density at radius 2 is 1.88 bits per heavy atom. The molecule has 1 aliphatic rings. The molecule has 7 heteroatoms. The number of carbonyl (C=O) groups excluding carboxylic acids is 1. The van der Waals surface area contributed by atoms with Crippen LogP contribution in [0.3, 0.4) is 0 Å². The van der Waals surface area contributed by atoms with E-state index in [1.54, 1.807) is 41.3 Å². The molecule has 26 heavy (non-hydrogen) atoms. The highest BCUT2D eigenvalue weighted by atomic mass is 35.5. The van der Waals surface area contributed by atoms with Crippen molar-refractivity contribution >= 4 is 17.5 Å². The van der Waals surface area contributed by atoms with Gasteiger partial charge in [0.15, 0.2) is 0 Å². The van der Waals surface area contributed by atoms with Crippen molar-refractivity contribution in [2.75, 3.05) is 0 Å². The van der Waals surface area contributed by atoms with Gasteiger partial charge in [0.2, 0.25) is 11.8 Å². The van der Waals surface area contributed by atoms with Crippen LogP contribution in [0.15, 0.2) is 52.9 Å². The summed E-state index contributed by atoms with van der Waals surface area (Å²) in [5, 5.41) is 8.67. The van der Waals surface area contributed by atoms with Crippen molar-refractivity contribution < 1.29 is 13.6 Å². The summed E-state index contributed by atoms with van der Waals surface area (Å²) in [6.45, 7) is 0.151. The number of halogens is 2. The Balaban J connectivity index is 1.55. The molecule has 1 heterocycles. The third-order valence-corrected chi connectivity index (χ3v) is 4.47. The van der Waals surface area contributed by atoms with Crippen LogP contribution < -0.4 is 0 Å². The maximum atomic E-state index is 14.0. The molecule has 0 unspecified atom stereocenters. The molecule has 0 bridgehead atoms. The molecule has 1 amide bonds. The van der Waals surface area contributed by atoms with E-state index in [1.807, 2.05) is 0 Å². The van der Waals surface area contributed by atoms with Gasteiger partial charge in [-0.2, -0.15) is 0 Å². The van der Waals surface area contributed by atoms with Gasteiger partial charge >= 0.3 is 0 Å². The molecule has 132 valence electrons. The standard InChI is InChI=1S/C19H15ClFN3O2/c20-13-7-5-12(6-8-13)18-23-22-17(26-18)11-24(14-9-10-14)19(25)15-3-1-2-4-16(15)21/h1-8,14H,9-11H2. The molecule has 5 nitrogen and oxygen atoms in total. The fraction of sp³-hybridized carbons (Fsp3) is 0.211. The smallest absolute Gasteiger partial charge is 0.257 e. The Morgan fingerprint density at radius 3 is 2.58 bits per heavy atom. The molecule has 1 aromatic heterocycles. The van der Waals surface area contributed by atoms with Gasteiger partial charge in [-0.25, -0.2) is 4.39 Å². The molecule has 1 saturated carbocycles. The molecular weight excluding hydrogens is 357 g/mol. The van der Waals surface area contributed by atoms with Crippen LogP contribution in [-0.2, 0) is 6.54 Å². The topological polar surface area (TPSA) is 59.2 Å². The van der Waals surface area contributed by atoms with Gasteiger partial charge in [0.05, 0.1) is 12.1 Å². The number of aromatic nitrogens is 2. The lowest BCUT2D eigenvalue weighted by atomic mass is 10.2. The molecule has 0 spiro atoms. The zero-order valence-corrected chi connectivity index (χ0v) is 14.5. The first-order valence-electron chi connectivity index (χ1n) is 8.25. The van der Waals surface area contributed by atoms with Gasteiger partial charge in [0.1, 0.15) is 5.82 Å². The molecule has 0 atom stereocenters. The quantitative estimate of drug-likeness (QED) is 0.669. The fourth-order valence-electron chi connectivity index (χ4n) is 2.71. The van der Waals surface area contributed by atoms with E-state index in [-0.39, 0.29) is 24.1 Å². The van der Waals surface area contributed by atoms with E-state index in [9.17, 15) is 9.18 Å². The highest BCUT2D eigenvalue weighted by Crippen LogP contribution is 2.30. The van der Waals surface area contributed by atoms with E-state index in [4.69, 9.17) is 16.0 Å². The minimum Gasteiger partial charge on any atom is -0.419 e. The summed E-state index contributed by atoms with van der Waals surface area (Å²) in [5.41, 5.74) is 0.795. The third-order valence-electron chi connectivity index (χ3n) is 4.22. The van der Waals surface area contributed by atoms with E-state index in [0.29, 0.717) is 16.8 Å². The van der Waals surface area contributed by atoms with E-state index in [2.05, 4.69) is 10.2 Å². The van der Waals surface area contributed by atoms with E-state index >= 15 is 0 Å². The zero-order valence-electron chi connectivity index (χ0n) is 13.7. The lowest BCUT2D eigenvalue weighted by Gasteiger charge is -2.20. The number of carbonyl (C=O) groups is 1. The first kappa shape index (κ1) is 16.7. The molecule has 0 aliphatic heterocycles. The Hall–Kier alpha value is -2.73. The SMILES string of the molecule is O=C(c1ccccc1F)N(Cc1nnc(-c2ccc(Cl)cc2)o1)C1CC1. The summed E-state index contributed by atoms with van der Waals surface area (Å²) in [4.78, 5) is 14.3. The lowest BCUT2D eigenvalue weighted by molar-refractivity contribution is 0.0709. The van der Waals surface area contributed by atoms with Crippen LogP contribution in [0.25, 0.3) is 11.5 Å². The molecule has 4 rings (SSSR count). The first-order chi connectivity index (χ1) is 12.6. The van der Waals surface area contributed by atoms with Gasteiger partial charge in [0.25, 0.3) is 5.91 Å². The second kappa shape index (κ2) is 6.88. The average Bonchev–Trinajstić information content (AvgIpc) is 3.38. The lowest BCUT2D eigenvalue weighted by Crippen LogP contribution is -2.33. The molecule has 3 aromatic rings. The minimum atomic E-state index is -0.532. The predicted molar refractivity (Wildman–Crippen MR) is 94.0 cm³/mol. The molecular formula is C19H15ClFN3O2. The number of benzene rings is 2. The van der Waals surface area contributed by atoms with E-state index in [0.717, 1.165) is 18.4 Å². The number of hydrogen-bond acceptors (Lipinski definition) is 4. The molecule has 0 N–H and O–H groups in total. The molecule has 2 aromatic carbocycles. The number of nitrogens with zero attached hydrogens (tertiary/aromatic N) is 3. The summed E-state index contributed by atoms with van der Waals surface area (Å²) >= 11 is 5.88. The van der Waals surface area contributed by atoms with Crippen LogP contribution in [0.1, 0.15) is 29.1 Å². The maximum absolute atomic E-state index is 14.0. The van der Waals surface area contributed by atoms with Crippen LogP contribution in [0.4, 0.5) is 4.39 Å². The largest absolute Gasteiger partial charge is 0.419 e. The van der Waals surface area contributed by atoms with Crippen molar-refractivity contribution in [2.24, 2.45) is 0 Å². The van der Waals surface area contributed by atoms with E-state index in [1.165, 1.54) is 12.1 Å². The number of rotatable bonds is 5. The minimum absolute atomic E-state index is 0.0526. The molecule has 0 saturated heterocycles. The summed E-state index contributed by atoms with van der Waals surface area (Å²) in [6, 6.07) is 13.1. The summed E-state index contributed by atoms with van der Waals surface area (Å²) in [5.74, 6) is -0.232.